The van der Waals surface area contributed by atoms with Crippen LogP contribution in [0.3, 0.4) is 0 Å². The average molecular weight is 207 g/mol. The lowest BCUT2D eigenvalue weighted by atomic mass is 10.2. The Hall–Kier alpha value is -1.04. The summed E-state index contributed by atoms with van der Waals surface area (Å²) >= 11 is 3.41. The van der Waals surface area contributed by atoms with E-state index in [0.29, 0.717) is 6.20 Å². The van der Waals surface area contributed by atoms with Crippen LogP contribution in [0.1, 0.15) is 16.1 Å². The summed E-state index contributed by atoms with van der Waals surface area (Å²) in [6.45, 7) is 0. The molecule has 13 heavy (non-hydrogen) atoms. The van der Waals surface area contributed by atoms with E-state index < -0.39 is 16.9 Å². The van der Waals surface area contributed by atoms with Crippen LogP contribution in [0.15, 0.2) is 18.3 Å². The number of hydrogen-bond donors (Lipinski definition) is 1. The minimum atomic E-state index is -4.43. The maximum absolute atomic E-state index is 12.0. The van der Waals surface area contributed by atoms with Gasteiger partial charge in [-0.15, -0.1) is 0 Å². The number of halogens is 3. The molecular weight excluding hydrogens is 203 g/mol. The van der Waals surface area contributed by atoms with E-state index in [-0.39, 0.29) is 5.69 Å². The second-order valence-electron chi connectivity index (χ2n) is 2.24. The van der Waals surface area contributed by atoms with Gasteiger partial charge < -0.3 is 0 Å². The van der Waals surface area contributed by atoms with Crippen molar-refractivity contribution in [3.63, 3.8) is 0 Å². The highest BCUT2D eigenvalue weighted by atomic mass is 32.1. The Morgan fingerprint density at radius 1 is 1.38 bits per heavy atom. The van der Waals surface area contributed by atoms with E-state index in [4.69, 9.17) is 0 Å². The fourth-order valence-electron chi connectivity index (χ4n) is 0.688. The van der Waals surface area contributed by atoms with Crippen molar-refractivity contribution in [1.29, 1.82) is 0 Å². The summed E-state index contributed by atoms with van der Waals surface area (Å²) in [5.74, 6) is 0. The number of carbonyl (C=O) groups is 1. The molecule has 70 valence electrons. The van der Waals surface area contributed by atoms with E-state index >= 15 is 0 Å². The number of nitrogens with zero attached hydrogens (tertiary/aromatic N) is 1. The maximum Gasteiger partial charge on any atom is 0.417 e. The molecular formula is C7H4F3NOS. The zero-order valence-corrected chi connectivity index (χ0v) is 7.06. The van der Waals surface area contributed by atoms with Gasteiger partial charge in [0.25, 0.3) is 0 Å². The average Bonchev–Trinajstić information content (AvgIpc) is 2.03. The Bertz CT molecular complexity index is 320. The summed E-state index contributed by atoms with van der Waals surface area (Å²) < 4.78 is 35.9. The molecule has 0 aliphatic heterocycles. The molecule has 0 aliphatic carbocycles. The third-order valence-electron chi connectivity index (χ3n) is 1.31. The molecule has 0 fully saturated rings. The highest BCUT2D eigenvalue weighted by Gasteiger charge is 2.30. The first-order valence-electron chi connectivity index (χ1n) is 3.18. The van der Waals surface area contributed by atoms with Crippen LogP contribution >= 0.6 is 12.6 Å². The van der Waals surface area contributed by atoms with Crippen LogP contribution in [0.5, 0.6) is 0 Å². The molecule has 0 saturated carbocycles. The van der Waals surface area contributed by atoms with Gasteiger partial charge in [0.05, 0.1) is 5.56 Å². The molecule has 1 rings (SSSR count). The van der Waals surface area contributed by atoms with Gasteiger partial charge in [0.2, 0.25) is 5.12 Å². The second kappa shape index (κ2) is 3.37. The minimum Gasteiger partial charge on any atom is -0.280 e. The third kappa shape index (κ3) is 2.45. The molecule has 0 radical (unpaired) electrons. The highest BCUT2D eigenvalue weighted by Crippen LogP contribution is 2.28. The third-order valence-corrected chi connectivity index (χ3v) is 1.54. The molecule has 0 atom stereocenters. The van der Waals surface area contributed by atoms with Gasteiger partial charge in [0, 0.05) is 6.20 Å². The first-order chi connectivity index (χ1) is 5.91. The molecule has 0 aromatic carbocycles. The van der Waals surface area contributed by atoms with E-state index in [1.165, 1.54) is 0 Å². The molecule has 2 nitrogen and oxygen atoms in total. The van der Waals surface area contributed by atoms with Crippen molar-refractivity contribution in [2.24, 2.45) is 0 Å². The van der Waals surface area contributed by atoms with Gasteiger partial charge in [0.1, 0.15) is 5.69 Å². The topological polar surface area (TPSA) is 30.0 Å². The van der Waals surface area contributed by atoms with Crippen molar-refractivity contribution in [3.8, 4) is 0 Å². The summed E-state index contributed by atoms with van der Waals surface area (Å²) in [6.07, 6.45) is -3.82. The van der Waals surface area contributed by atoms with Gasteiger partial charge in [-0.05, 0) is 12.1 Å². The smallest absolute Gasteiger partial charge is 0.280 e. The van der Waals surface area contributed by atoms with Crippen molar-refractivity contribution in [2.45, 2.75) is 6.18 Å². The Morgan fingerprint density at radius 2 is 2.00 bits per heavy atom. The fraction of sp³-hybridized carbons (Fsp3) is 0.143. The van der Waals surface area contributed by atoms with Gasteiger partial charge in [-0.2, -0.15) is 13.2 Å². The van der Waals surface area contributed by atoms with E-state index in [0.717, 1.165) is 12.1 Å². The van der Waals surface area contributed by atoms with E-state index in [2.05, 4.69) is 17.6 Å². The van der Waals surface area contributed by atoms with Crippen LogP contribution in [0.2, 0.25) is 0 Å². The second-order valence-corrected chi connectivity index (χ2v) is 2.64. The molecule has 0 aliphatic rings. The van der Waals surface area contributed by atoms with Gasteiger partial charge >= 0.3 is 6.18 Å². The summed E-state index contributed by atoms with van der Waals surface area (Å²) in [6, 6.07) is 1.77. The Morgan fingerprint density at radius 3 is 2.31 bits per heavy atom. The largest absolute Gasteiger partial charge is 0.417 e. The molecule has 0 bridgehead atoms. The maximum atomic E-state index is 12.0. The Kier molecular flexibility index (Phi) is 2.60. The summed E-state index contributed by atoms with van der Waals surface area (Å²) in [5, 5.41) is -0.659. The molecule has 0 amide bonds. The lowest BCUT2D eigenvalue weighted by Gasteiger charge is -2.04. The van der Waals surface area contributed by atoms with Crippen molar-refractivity contribution in [1.82, 2.24) is 4.98 Å². The highest BCUT2D eigenvalue weighted by molar-refractivity contribution is 7.97. The minimum absolute atomic E-state index is 0.101. The fourth-order valence-corrected chi connectivity index (χ4v) is 0.820. The van der Waals surface area contributed by atoms with E-state index in [1.807, 2.05) is 0 Å². The van der Waals surface area contributed by atoms with Crippen LogP contribution in [0.4, 0.5) is 13.2 Å². The Balaban J connectivity index is 3.01. The first kappa shape index (κ1) is 10.0. The van der Waals surface area contributed by atoms with Crippen LogP contribution in [0, 0.1) is 0 Å². The molecule has 1 aromatic heterocycles. The number of rotatable bonds is 1. The van der Waals surface area contributed by atoms with Gasteiger partial charge in [-0.25, -0.2) is 0 Å². The SMILES string of the molecule is O=C(S)c1ccc(C(F)(F)F)cn1. The standard InChI is InChI=1S/C7H4F3NOS/c8-7(9,10)4-1-2-5(6(12)13)11-3-4/h1-3H,(H,12,13). The summed E-state index contributed by atoms with van der Waals surface area (Å²) in [7, 11) is 0. The van der Waals surface area contributed by atoms with Gasteiger partial charge in [0.15, 0.2) is 0 Å². The molecule has 0 N–H and O–H groups in total. The normalized spacial score (nSPS) is 11.4. The van der Waals surface area contributed by atoms with E-state index in [9.17, 15) is 18.0 Å². The van der Waals surface area contributed by atoms with Crippen molar-refractivity contribution < 1.29 is 18.0 Å². The number of hydrogen-bond acceptors (Lipinski definition) is 2. The first-order valence-corrected chi connectivity index (χ1v) is 3.62. The van der Waals surface area contributed by atoms with Crippen molar-refractivity contribution in [3.05, 3.63) is 29.6 Å². The van der Waals surface area contributed by atoms with Crippen molar-refractivity contribution >= 4 is 17.7 Å². The molecule has 0 saturated heterocycles. The quantitative estimate of drug-likeness (QED) is 0.715. The predicted molar refractivity (Wildman–Crippen MR) is 42.6 cm³/mol. The molecule has 6 heteroatoms. The van der Waals surface area contributed by atoms with E-state index in [1.54, 1.807) is 0 Å². The lowest BCUT2D eigenvalue weighted by Crippen LogP contribution is -2.06. The zero-order chi connectivity index (χ0) is 10.1. The number of aromatic nitrogens is 1. The number of alkyl halides is 3. The Labute approximate surface area is 77.2 Å². The number of carbonyl (C=O) groups excluding carboxylic acids is 1. The van der Waals surface area contributed by atoms with Crippen LogP contribution in [-0.4, -0.2) is 10.1 Å². The molecule has 1 aromatic rings. The van der Waals surface area contributed by atoms with Crippen LogP contribution in [0.25, 0.3) is 0 Å². The van der Waals surface area contributed by atoms with Crippen molar-refractivity contribution in [2.75, 3.05) is 0 Å². The van der Waals surface area contributed by atoms with Gasteiger partial charge in [-0.3, -0.25) is 9.78 Å². The summed E-state index contributed by atoms with van der Waals surface area (Å²) in [4.78, 5) is 13.8. The lowest BCUT2D eigenvalue weighted by molar-refractivity contribution is -0.137. The molecule has 0 spiro atoms. The van der Waals surface area contributed by atoms with Gasteiger partial charge in [-0.1, -0.05) is 12.6 Å². The van der Waals surface area contributed by atoms with Crippen LogP contribution in [-0.2, 0) is 6.18 Å². The van der Waals surface area contributed by atoms with Crippen LogP contribution < -0.4 is 0 Å². The molecule has 1 heterocycles. The molecule has 0 unspecified atom stereocenters. The summed E-state index contributed by atoms with van der Waals surface area (Å²) in [5.41, 5.74) is -0.984. The predicted octanol–water partition coefficient (Wildman–Crippen LogP) is 2.17. The monoisotopic (exact) mass is 207 g/mol. The number of pyridine rings is 1. The number of thiol groups is 1. The zero-order valence-electron chi connectivity index (χ0n) is 6.17.